The molecule has 2 heterocycles. The molecular formula is C26H31N3O2. The largest absolute Gasteiger partial charge is 0.354 e. The third-order valence-electron chi connectivity index (χ3n) is 6.25. The summed E-state index contributed by atoms with van der Waals surface area (Å²) in [4.78, 5) is 30.5. The Morgan fingerprint density at radius 2 is 1.77 bits per heavy atom. The second-order valence-corrected chi connectivity index (χ2v) is 8.70. The van der Waals surface area contributed by atoms with E-state index in [0.717, 1.165) is 36.6 Å². The van der Waals surface area contributed by atoms with Gasteiger partial charge in [-0.3, -0.25) is 9.59 Å². The molecule has 1 atom stereocenters. The fraction of sp³-hybridized carbons (Fsp3) is 0.385. The number of aromatic nitrogens is 1. The number of H-pyrrole nitrogens is 1. The van der Waals surface area contributed by atoms with Crippen molar-refractivity contribution >= 4 is 22.7 Å². The van der Waals surface area contributed by atoms with E-state index in [-0.39, 0.29) is 17.9 Å². The average Bonchev–Trinajstić information content (AvgIpc) is 3.23. The van der Waals surface area contributed by atoms with Crippen LogP contribution in [-0.4, -0.2) is 40.8 Å². The van der Waals surface area contributed by atoms with E-state index in [2.05, 4.69) is 29.4 Å². The number of carbonyl (C=O) groups excluding carboxylic acids is 2. The van der Waals surface area contributed by atoms with Crippen LogP contribution in [0.4, 0.5) is 0 Å². The fourth-order valence-corrected chi connectivity index (χ4v) is 4.40. The highest BCUT2D eigenvalue weighted by atomic mass is 16.2. The molecule has 2 N–H and O–H groups in total. The lowest BCUT2D eigenvalue weighted by Crippen LogP contribution is -2.40. The van der Waals surface area contributed by atoms with Gasteiger partial charge in [-0.25, -0.2) is 0 Å². The van der Waals surface area contributed by atoms with Gasteiger partial charge < -0.3 is 15.2 Å². The number of nitrogens with zero attached hydrogens (tertiary/aromatic N) is 1. The maximum atomic E-state index is 12.8. The molecule has 31 heavy (non-hydrogen) atoms. The maximum Gasteiger partial charge on any atom is 0.270 e. The van der Waals surface area contributed by atoms with Crippen molar-refractivity contribution in [1.82, 2.24) is 15.2 Å². The van der Waals surface area contributed by atoms with Crippen molar-refractivity contribution in [3.05, 3.63) is 71.9 Å². The predicted molar refractivity (Wildman–Crippen MR) is 124 cm³/mol. The third kappa shape index (κ3) is 5.54. The number of aryl methyl sites for hydroxylation is 1. The van der Waals surface area contributed by atoms with Crippen LogP contribution >= 0.6 is 0 Å². The van der Waals surface area contributed by atoms with Crippen molar-refractivity contribution in [2.45, 2.75) is 45.1 Å². The number of carbonyl (C=O) groups is 2. The lowest BCUT2D eigenvalue weighted by molar-refractivity contribution is -0.122. The summed E-state index contributed by atoms with van der Waals surface area (Å²) in [6.07, 6.45) is 4.20. The molecule has 2 aromatic carbocycles. The summed E-state index contributed by atoms with van der Waals surface area (Å²) in [6.45, 7) is 3.48. The first-order valence-corrected chi connectivity index (χ1v) is 11.3. The molecule has 2 amide bonds. The van der Waals surface area contributed by atoms with Crippen LogP contribution in [0, 0.1) is 5.92 Å². The van der Waals surface area contributed by atoms with Gasteiger partial charge in [-0.1, -0.05) is 48.5 Å². The molecule has 1 saturated heterocycles. The first-order valence-electron chi connectivity index (χ1n) is 11.3. The molecule has 0 radical (unpaired) electrons. The standard InChI is InChI=1S/C26H31N3O2/c1-19(11-12-20-7-3-2-4-8-20)27-25(30)17-21-13-15-29(16-14-21)26(31)24-18-22-9-5-6-10-23(22)28-24/h2-10,18-19,21,28H,11-17H2,1H3,(H,27,30)/t19-/m1/s1. The Kier molecular flexibility index (Phi) is 6.70. The number of amides is 2. The monoisotopic (exact) mass is 417 g/mol. The number of hydrogen-bond acceptors (Lipinski definition) is 2. The van der Waals surface area contributed by atoms with Gasteiger partial charge >= 0.3 is 0 Å². The molecule has 0 aliphatic carbocycles. The highest BCUT2D eigenvalue weighted by molar-refractivity contribution is 5.98. The van der Waals surface area contributed by atoms with Crippen molar-refractivity contribution in [1.29, 1.82) is 0 Å². The van der Waals surface area contributed by atoms with Crippen molar-refractivity contribution in [2.24, 2.45) is 5.92 Å². The Morgan fingerprint density at radius 1 is 1.06 bits per heavy atom. The second kappa shape index (κ2) is 9.82. The molecule has 0 unspecified atom stereocenters. The SMILES string of the molecule is C[C@H](CCc1ccccc1)NC(=O)CC1CCN(C(=O)c2cc3ccccc3[nH]2)CC1. The Balaban J connectivity index is 1.20. The molecule has 3 aromatic rings. The topological polar surface area (TPSA) is 65.2 Å². The maximum absolute atomic E-state index is 12.8. The van der Waals surface area contributed by atoms with Crippen LogP contribution in [0.25, 0.3) is 10.9 Å². The Morgan fingerprint density at radius 3 is 2.52 bits per heavy atom. The number of fused-ring (bicyclic) bond motifs is 1. The normalized spacial score (nSPS) is 15.7. The number of hydrogen-bond donors (Lipinski definition) is 2. The highest BCUT2D eigenvalue weighted by Crippen LogP contribution is 2.23. The number of rotatable bonds is 7. The Labute approximate surface area is 183 Å². The van der Waals surface area contributed by atoms with E-state index < -0.39 is 0 Å². The summed E-state index contributed by atoms with van der Waals surface area (Å²) >= 11 is 0. The summed E-state index contributed by atoms with van der Waals surface area (Å²) in [5.41, 5.74) is 2.93. The zero-order valence-corrected chi connectivity index (χ0v) is 18.1. The minimum Gasteiger partial charge on any atom is -0.354 e. The van der Waals surface area contributed by atoms with Gasteiger partial charge in [0.05, 0.1) is 0 Å². The number of piperidine rings is 1. The summed E-state index contributed by atoms with van der Waals surface area (Å²) in [7, 11) is 0. The van der Waals surface area contributed by atoms with Gasteiger partial charge in [0.15, 0.2) is 0 Å². The van der Waals surface area contributed by atoms with Gasteiger partial charge in [0.1, 0.15) is 5.69 Å². The lowest BCUT2D eigenvalue weighted by Gasteiger charge is -2.31. The summed E-state index contributed by atoms with van der Waals surface area (Å²) < 4.78 is 0. The fourth-order valence-electron chi connectivity index (χ4n) is 4.40. The van der Waals surface area contributed by atoms with Gasteiger partial charge in [-0.2, -0.15) is 0 Å². The van der Waals surface area contributed by atoms with E-state index in [0.29, 0.717) is 31.1 Å². The van der Waals surface area contributed by atoms with Gasteiger partial charge in [0.25, 0.3) is 5.91 Å². The molecule has 0 spiro atoms. The van der Waals surface area contributed by atoms with Gasteiger partial charge in [0.2, 0.25) is 5.91 Å². The van der Waals surface area contributed by atoms with Gasteiger partial charge in [0, 0.05) is 36.5 Å². The van der Waals surface area contributed by atoms with Crippen molar-refractivity contribution in [3.8, 4) is 0 Å². The van der Waals surface area contributed by atoms with Crippen LogP contribution in [0.1, 0.15) is 48.7 Å². The first kappa shape index (κ1) is 21.2. The van der Waals surface area contributed by atoms with Crippen LogP contribution in [0.15, 0.2) is 60.7 Å². The average molecular weight is 418 g/mol. The molecule has 5 nitrogen and oxygen atoms in total. The lowest BCUT2D eigenvalue weighted by atomic mass is 9.93. The summed E-state index contributed by atoms with van der Waals surface area (Å²) in [5.74, 6) is 0.516. The zero-order valence-electron chi connectivity index (χ0n) is 18.1. The highest BCUT2D eigenvalue weighted by Gasteiger charge is 2.26. The van der Waals surface area contributed by atoms with E-state index >= 15 is 0 Å². The molecule has 1 fully saturated rings. The molecule has 1 aliphatic heterocycles. The quantitative estimate of drug-likeness (QED) is 0.592. The molecule has 5 heteroatoms. The van der Waals surface area contributed by atoms with Gasteiger partial charge in [-0.15, -0.1) is 0 Å². The molecule has 4 rings (SSSR count). The number of likely N-dealkylation sites (tertiary alicyclic amines) is 1. The van der Waals surface area contributed by atoms with E-state index in [1.54, 1.807) is 0 Å². The van der Waals surface area contributed by atoms with Crippen LogP contribution in [0.3, 0.4) is 0 Å². The van der Waals surface area contributed by atoms with E-state index in [9.17, 15) is 9.59 Å². The number of para-hydroxylation sites is 1. The number of aromatic amines is 1. The van der Waals surface area contributed by atoms with E-state index in [1.165, 1.54) is 5.56 Å². The minimum absolute atomic E-state index is 0.0497. The van der Waals surface area contributed by atoms with Crippen LogP contribution in [-0.2, 0) is 11.2 Å². The summed E-state index contributed by atoms with van der Waals surface area (Å²) in [6, 6.07) is 20.4. The Hall–Kier alpha value is -3.08. The van der Waals surface area contributed by atoms with Crippen molar-refractivity contribution in [3.63, 3.8) is 0 Å². The molecule has 0 bridgehead atoms. The molecular weight excluding hydrogens is 386 g/mol. The van der Waals surface area contributed by atoms with Crippen LogP contribution in [0.2, 0.25) is 0 Å². The Bertz CT molecular complexity index is 986. The van der Waals surface area contributed by atoms with Crippen LogP contribution in [0.5, 0.6) is 0 Å². The molecule has 0 saturated carbocycles. The van der Waals surface area contributed by atoms with Crippen LogP contribution < -0.4 is 5.32 Å². The van der Waals surface area contributed by atoms with Crippen molar-refractivity contribution in [2.75, 3.05) is 13.1 Å². The van der Waals surface area contributed by atoms with E-state index in [4.69, 9.17) is 0 Å². The number of nitrogens with one attached hydrogen (secondary N) is 2. The molecule has 1 aliphatic rings. The van der Waals surface area contributed by atoms with E-state index in [1.807, 2.05) is 53.4 Å². The predicted octanol–water partition coefficient (Wildman–Crippen LogP) is 4.55. The molecule has 162 valence electrons. The molecule has 1 aromatic heterocycles. The van der Waals surface area contributed by atoms with Crippen molar-refractivity contribution < 1.29 is 9.59 Å². The summed E-state index contributed by atoms with van der Waals surface area (Å²) in [5, 5.41) is 4.20. The smallest absolute Gasteiger partial charge is 0.270 e. The minimum atomic E-state index is 0.0497. The zero-order chi connectivity index (χ0) is 21.6. The first-order chi connectivity index (χ1) is 15.1. The number of benzene rings is 2. The van der Waals surface area contributed by atoms with Gasteiger partial charge in [-0.05, 0) is 56.2 Å². The second-order valence-electron chi connectivity index (χ2n) is 8.70. The third-order valence-corrected chi connectivity index (χ3v) is 6.25.